The number of nitrogens with one attached hydrogen (secondary N) is 1. The smallest absolute Gasteiger partial charge is 0.287 e. The molecule has 0 aromatic heterocycles. The Morgan fingerprint density at radius 1 is 1.39 bits per heavy atom. The van der Waals surface area contributed by atoms with Gasteiger partial charge in [-0.3, -0.25) is 15.1 Å². The molecule has 1 fully saturated rings. The van der Waals surface area contributed by atoms with Gasteiger partial charge in [0.25, 0.3) is 5.70 Å². The van der Waals surface area contributed by atoms with Crippen LogP contribution in [-0.4, -0.2) is 48.3 Å². The van der Waals surface area contributed by atoms with Crippen LogP contribution in [0.2, 0.25) is 0 Å². The molecule has 2 aliphatic rings. The Bertz CT molecular complexity index is 469. The molecule has 1 aliphatic carbocycles. The molecule has 1 N–H and O–H groups in total. The summed E-state index contributed by atoms with van der Waals surface area (Å²) in [5.41, 5.74) is 0.0322. The molecule has 0 aromatic carbocycles. The minimum Gasteiger partial charge on any atom is -0.391 e. The Kier molecular flexibility index (Phi) is 7.26. The van der Waals surface area contributed by atoms with Crippen LogP contribution in [0.4, 0.5) is 0 Å². The molecule has 2 rings (SSSR count). The van der Waals surface area contributed by atoms with Gasteiger partial charge in [0, 0.05) is 31.8 Å². The lowest BCUT2D eigenvalue weighted by Crippen LogP contribution is -2.43. The van der Waals surface area contributed by atoms with E-state index in [9.17, 15) is 10.1 Å². The van der Waals surface area contributed by atoms with E-state index in [0.29, 0.717) is 12.5 Å². The molecule has 1 heterocycles. The molecule has 6 heteroatoms. The van der Waals surface area contributed by atoms with Gasteiger partial charge >= 0.3 is 0 Å². The van der Waals surface area contributed by atoms with Crippen LogP contribution in [0.3, 0.4) is 0 Å². The lowest BCUT2D eigenvalue weighted by atomic mass is 9.90. The Hall–Kier alpha value is -1.69. The van der Waals surface area contributed by atoms with Gasteiger partial charge in [-0.05, 0) is 50.4 Å². The van der Waals surface area contributed by atoms with E-state index in [-0.39, 0.29) is 5.70 Å². The van der Waals surface area contributed by atoms with E-state index < -0.39 is 4.92 Å². The number of rotatable bonds is 5. The van der Waals surface area contributed by atoms with E-state index in [1.807, 2.05) is 0 Å². The summed E-state index contributed by atoms with van der Waals surface area (Å²) in [5, 5.41) is 14.1. The monoisotopic (exact) mass is 320 g/mol. The summed E-state index contributed by atoms with van der Waals surface area (Å²) in [5.74, 6) is 0.580. The van der Waals surface area contributed by atoms with Gasteiger partial charge in [0.05, 0.1) is 11.1 Å². The fourth-order valence-electron chi connectivity index (χ4n) is 3.10. The predicted octanol–water partition coefficient (Wildman–Crippen LogP) is 2.61. The number of nitrogens with zero attached hydrogens (tertiary/aromatic N) is 3. The number of allylic oxidation sites excluding steroid dienone is 3. The van der Waals surface area contributed by atoms with Gasteiger partial charge in [-0.15, -0.1) is 0 Å². The molecule has 0 aromatic rings. The predicted molar refractivity (Wildman–Crippen MR) is 93.2 cm³/mol. The van der Waals surface area contributed by atoms with Gasteiger partial charge in [-0.2, -0.15) is 0 Å². The van der Waals surface area contributed by atoms with Crippen LogP contribution >= 0.6 is 0 Å². The van der Waals surface area contributed by atoms with Gasteiger partial charge in [0.15, 0.2) is 0 Å². The molecule has 0 bridgehead atoms. The molecule has 1 unspecified atom stereocenters. The zero-order valence-corrected chi connectivity index (χ0v) is 14.0. The first kappa shape index (κ1) is 17.7. The van der Waals surface area contributed by atoms with Crippen LogP contribution in [-0.2, 0) is 0 Å². The second-order valence-electron chi connectivity index (χ2n) is 6.31. The minimum atomic E-state index is -0.396. The van der Waals surface area contributed by atoms with Gasteiger partial charge < -0.3 is 10.2 Å². The van der Waals surface area contributed by atoms with E-state index in [1.54, 1.807) is 12.3 Å². The van der Waals surface area contributed by atoms with E-state index in [1.165, 1.54) is 31.6 Å². The highest BCUT2D eigenvalue weighted by Crippen LogP contribution is 2.26. The lowest BCUT2D eigenvalue weighted by Gasteiger charge is -2.39. The highest BCUT2D eigenvalue weighted by atomic mass is 16.6. The molecule has 23 heavy (non-hydrogen) atoms. The van der Waals surface area contributed by atoms with Gasteiger partial charge in [-0.1, -0.05) is 13.3 Å². The van der Waals surface area contributed by atoms with Crippen molar-refractivity contribution >= 4 is 6.21 Å². The highest BCUT2D eigenvalue weighted by Gasteiger charge is 2.25. The van der Waals surface area contributed by atoms with Crippen molar-refractivity contribution in [1.82, 2.24) is 10.2 Å². The average molecular weight is 320 g/mol. The quantitative estimate of drug-likeness (QED) is 0.624. The number of nitro groups is 1. The molecule has 0 radical (unpaired) electrons. The number of aliphatic imine (C=N–C) groups is 1. The molecule has 6 nitrogen and oxygen atoms in total. The van der Waals surface area contributed by atoms with Crippen LogP contribution in [0.1, 0.15) is 39.0 Å². The first-order chi connectivity index (χ1) is 11.2. The van der Waals surface area contributed by atoms with Crippen LogP contribution in [0, 0.1) is 16.0 Å². The molecule has 128 valence electrons. The summed E-state index contributed by atoms with van der Waals surface area (Å²) in [4.78, 5) is 17.4. The Morgan fingerprint density at radius 2 is 2.22 bits per heavy atom. The van der Waals surface area contributed by atoms with Crippen LogP contribution in [0.5, 0.6) is 0 Å². The summed E-state index contributed by atoms with van der Waals surface area (Å²) in [6.45, 7) is 6.00. The zero-order valence-electron chi connectivity index (χ0n) is 14.0. The minimum absolute atomic E-state index is 0.0322. The molecule has 0 spiro atoms. The normalized spacial score (nSPS) is 27.0. The fourth-order valence-corrected chi connectivity index (χ4v) is 3.10. The van der Waals surface area contributed by atoms with Crippen LogP contribution < -0.4 is 5.32 Å². The van der Waals surface area contributed by atoms with Gasteiger partial charge in [0.2, 0.25) is 0 Å². The molecule has 1 aliphatic heterocycles. The Balaban J connectivity index is 1.93. The van der Waals surface area contributed by atoms with E-state index in [2.05, 4.69) is 22.1 Å². The van der Waals surface area contributed by atoms with Crippen molar-refractivity contribution in [2.75, 3.05) is 26.2 Å². The largest absolute Gasteiger partial charge is 0.391 e. The maximum absolute atomic E-state index is 10.9. The fraction of sp³-hybridized carbons (Fsp3) is 0.706. The van der Waals surface area contributed by atoms with Crippen molar-refractivity contribution in [2.24, 2.45) is 10.9 Å². The molecule has 1 atom stereocenters. The average Bonchev–Trinajstić information content (AvgIpc) is 2.46. The van der Waals surface area contributed by atoms with E-state index in [0.717, 1.165) is 38.5 Å². The van der Waals surface area contributed by atoms with E-state index in [4.69, 9.17) is 0 Å². The molecular formula is C17H28N4O2. The standard InChI is InChI=1S/C17H28N4O2/c1-2-20(16-5-3-6-16)14-15-8-11-18-10-4-7-17(21(22)23)13-19-12-9-15/h4,7,10,13,15-16,18H,2-3,5-6,8-9,11-12,14H2,1H3/b10-4+,17-7+,19-13?. The summed E-state index contributed by atoms with van der Waals surface area (Å²) in [7, 11) is 0. The first-order valence-electron chi connectivity index (χ1n) is 8.69. The Morgan fingerprint density at radius 3 is 2.87 bits per heavy atom. The topological polar surface area (TPSA) is 70.8 Å². The second kappa shape index (κ2) is 9.45. The third-order valence-electron chi connectivity index (χ3n) is 4.77. The lowest BCUT2D eigenvalue weighted by molar-refractivity contribution is -0.414. The third kappa shape index (κ3) is 5.78. The maximum atomic E-state index is 10.9. The van der Waals surface area contributed by atoms with Crippen molar-refractivity contribution in [3.63, 3.8) is 0 Å². The second-order valence-corrected chi connectivity index (χ2v) is 6.31. The molecule has 1 saturated carbocycles. The molecule has 0 amide bonds. The summed E-state index contributed by atoms with van der Waals surface area (Å²) < 4.78 is 0. The van der Waals surface area contributed by atoms with E-state index >= 15 is 0 Å². The summed E-state index contributed by atoms with van der Waals surface area (Å²) in [6, 6.07) is 0.766. The molecular weight excluding hydrogens is 292 g/mol. The van der Waals surface area contributed by atoms with Gasteiger partial charge in [-0.25, -0.2) is 0 Å². The maximum Gasteiger partial charge on any atom is 0.287 e. The van der Waals surface area contributed by atoms with Crippen molar-refractivity contribution in [3.05, 3.63) is 34.2 Å². The van der Waals surface area contributed by atoms with Crippen molar-refractivity contribution in [2.45, 2.75) is 45.1 Å². The first-order valence-corrected chi connectivity index (χ1v) is 8.69. The number of hydrogen-bond donors (Lipinski definition) is 1. The zero-order chi connectivity index (χ0) is 16.5. The van der Waals surface area contributed by atoms with Crippen LogP contribution in [0.25, 0.3) is 0 Å². The summed E-state index contributed by atoms with van der Waals surface area (Å²) >= 11 is 0. The SMILES string of the molecule is CCN(CC1CCN=C/C([N+](=O)[O-])=C\C=C\NCC1)C1CCC1. The van der Waals surface area contributed by atoms with Crippen molar-refractivity contribution < 1.29 is 4.92 Å². The Labute approximate surface area is 138 Å². The summed E-state index contributed by atoms with van der Waals surface area (Å²) in [6.07, 6.45) is 12.4. The molecule has 0 saturated heterocycles. The van der Waals surface area contributed by atoms with Crippen LogP contribution in [0.15, 0.2) is 29.0 Å². The number of hydrogen-bond acceptors (Lipinski definition) is 5. The van der Waals surface area contributed by atoms with Crippen molar-refractivity contribution in [1.29, 1.82) is 0 Å². The third-order valence-corrected chi connectivity index (χ3v) is 4.77. The van der Waals surface area contributed by atoms with Crippen molar-refractivity contribution in [3.8, 4) is 0 Å². The highest BCUT2D eigenvalue weighted by molar-refractivity contribution is 5.75. The van der Waals surface area contributed by atoms with Gasteiger partial charge in [0.1, 0.15) is 0 Å².